The Morgan fingerprint density at radius 3 is 2.28 bits per heavy atom. The molecule has 4 heteroatoms. The first-order valence-corrected chi connectivity index (χ1v) is 10.5. The van der Waals surface area contributed by atoms with Crippen molar-refractivity contribution in [3.63, 3.8) is 0 Å². The molecule has 0 aromatic carbocycles. The fourth-order valence-electron chi connectivity index (χ4n) is 6.25. The van der Waals surface area contributed by atoms with E-state index < -0.39 is 5.41 Å². The third kappa shape index (κ3) is 2.50. The molecule has 4 aliphatic rings. The van der Waals surface area contributed by atoms with Gasteiger partial charge in [-0.2, -0.15) is 0 Å². The van der Waals surface area contributed by atoms with Crippen molar-refractivity contribution in [1.29, 1.82) is 0 Å². The molecule has 0 amide bonds. The summed E-state index contributed by atoms with van der Waals surface area (Å²) in [6.45, 7) is 8.62. The molecule has 4 nitrogen and oxygen atoms in total. The van der Waals surface area contributed by atoms with Crippen LogP contribution in [-0.2, 0) is 19.0 Å². The van der Waals surface area contributed by atoms with E-state index in [0.717, 1.165) is 38.5 Å². The van der Waals surface area contributed by atoms with E-state index >= 15 is 0 Å². The summed E-state index contributed by atoms with van der Waals surface area (Å²) in [5.74, 6) is 0.803. The van der Waals surface area contributed by atoms with Crippen LogP contribution in [0.2, 0.25) is 0 Å². The zero-order valence-electron chi connectivity index (χ0n) is 16.3. The van der Waals surface area contributed by atoms with Crippen molar-refractivity contribution in [3.8, 4) is 0 Å². The number of carbonyl (C=O) groups is 1. The number of hydrogen-bond donors (Lipinski definition) is 0. The van der Waals surface area contributed by atoms with Crippen LogP contribution in [0.1, 0.15) is 79.1 Å². The molecule has 1 aliphatic carbocycles. The van der Waals surface area contributed by atoms with Gasteiger partial charge in [0.2, 0.25) is 0 Å². The third-order valence-corrected chi connectivity index (χ3v) is 7.75. The van der Waals surface area contributed by atoms with Crippen LogP contribution in [0.15, 0.2) is 0 Å². The molecule has 4 rings (SSSR count). The molecule has 0 aromatic rings. The Kier molecular flexibility index (Phi) is 4.43. The first-order chi connectivity index (χ1) is 12.0. The van der Waals surface area contributed by atoms with Crippen LogP contribution in [0.5, 0.6) is 0 Å². The second-order valence-electron chi connectivity index (χ2n) is 9.03. The zero-order valence-corrected chi connectivity index (χ0v) is 16.3. The Morgan fingerprint density at radius 2 is 1.68 bits per heavy atom. The number of rotatable bonds is 5. The Balaban J connectivity index is 1.55. The first kappa shape index (κ1) is 17.8. The fourth-order valence-corrected chi connectivity index (χ4v) is 6.25. The number of ether oxygens (including phenoxy) is 3. The molecule has 3 saturated heterocycles. The average molecular weight is 350 g/mol. The van der Waals surface area contributed by atoms with Crippen molar-refractivity contribution in [1.82, 2.24) is 0 Å². The van der Waals surface area contributed by atoms with Gasteiger partial charge in [0.15, 0.2) is 0 Å². The zero-order chi connectivity index (χ0) is 17.8. The van der Waals surface area contributed by atoms with Crippen molar-refractivity contribution in [3.05, 3.63) is 0 Å². The molecule has 7 atom stereocenters. The second-order valence-corrected chi connectivity index (χ2v) is 9.03. The van der Waals surface area contributed by atoms with Crippen molar-refractivity contribution >= 4 is 5.97 Å². The van der Waals surface area contributed by atoms with E-state index in [-0.39, 0.29) is 29.9 Å². The van der Waals surface area contributed by atoms with E-state index in [0.29, 0.717) is 17.9 Å². The summed E-state index contributed by atoms with van der Waals surface area (Å²) in [7, 11) is 0. The van der Waals surface area contributed by atoms with E-state index in [1.807, 2.05) is 0 Å². The number of carbonyl (C=O) groups excluding carboxylic acids is 1. The first-order valence-electron chi connectivity index (χ1n) is 10.5. The summed E-state index contributed by atoms with van der Waals surface area (Å²) < 4.78 is 18.9. The van der Waals surface area contributed by atoms with Crippen molar-refractivity contribution in [2.45, 2.75) is 109 Å². The molecule has 2 bridgehead atoms. The Morgan fingerprint density at radius 1 is 1.04 bits per heavy atom. The summed E-state index contributed by atoms with van der Waals surface area (Å²) in [6.07, 6.45) is 8.79. The van der Waals surface area contributed by atoms with Crippen molar-refractivity contribution in [2.75, 3.05) is 0 Å². The van der Waals surface area contributed by atoms with Crippen molar-refractivity contribution in [2.24, 2.45) is 17.3 Å². The van der Waals surface area contributed by atoms with Crippen LogP contribution in [0.3, 0.4) is 0 Å². The molecule has 142 valence electrons. The van der Waals surface area contributed by atoms with Gasteiger partial charge in [-0.1, -0.05) is 20.8 Å². The molecule has 0 spiro atoms. The highest BCUT2D eigenvalue weighted by Crippen LogP contribution is 2.60. The largest absolute Gasteiger partial charge is 0.459 e. The summed E-state index contributed by atoms with van der Waals surface area (Å²) >= 11 is 0. The molecule has 3 heterocycles. The van der Waals surface area contributed by atoms with E-state index in [1.165, 1.54) is 12.8 Å². The number of fused-ring (bicyclic) bond motifs is 5. The SMILES string of the molecule is CCC1OC(CC)C2C1C1CC(C)(C(=O)OC3(CC)CCCC3)C2O1. The lowest BCUT2D eigenvalue weighted by atomic mass is 9.64. The molecule has 1 saturated carbocycles. The minimum Gasteiger partial charge on any atom is -0.459 e. The molecule has 0 N–H and O–H groups in total. The van der Waals surface area contributed by atoms with Gasteiger partial charge in [0.25, 0.3) is 0 Å². The normalized spacial score (nSPS) is 47.2. The van der Waals surface area contributed by atoms with Crippen LogP contribution < -0.4 is 0 Å². The van der Waals surface area contributed by atoms with Gasteiger partial charge >= 0.3 is 5.97 Å². The quantitative estimate of drug-likeness (QED) is 0.695. The van der Waals surface area contributed by atoms with Gasteiger partial charge < -0.3 is 14.2 Å². The highest BCUT2D eigenvalue weighted by molar-refractivity contribution is 5.78. The number of esters is 1. The van der Waals surface area contributed by atoms with Crippen LogP contribution in [0.25, 0.3) is 0 Å². The van der Waals surface area contributed by atoms with Crippen LogP contribution in [0, 0.1) is 17.3 Å². The maximum atomic E-state index is 13.3. The Hall–Kier alpha value is -0.610. The average Bonchev–Trinajstić information content (AvgIpc) is 3.35. The minimum absolute atomic E-state index is 0.0167. The van der Waals surface area contributed by atoms with Crippen LogP contribution >= 0.6 is 0 Å². The molecule has 4 fully saturated rings. The maximum Gasteiger partial charge on any atom is 0.315 e. The fraction of sp³-hybridized carbons (Fsp3) is 0.952. The lowest BCUT2D eigenvalue weighted by Gasteiger charge is -2.39. The standard InChI is InChI=1S/C21H34O4/c1-5-13-16-15-12-20(4,18(24-15)17(16)14(6-2)23-13)19(22)25-21(7-3)10-8-9-11-21/h13-18H,5-12H2,1-4H3. The maximum absolute atomic E-state index is 13.3. The Labute approximate surface area is 152 Å². The molecular weight excluding hydrogens is 316 g/mol. The molecule has 7 unspecified atom stereocenters. The van der Waals surface area contributed by atoms with Crippen LogP contribution in [-0.4, -0.2) is 36.0 Å². The lowest BCUT2D eigenvalue weighted by Crippen LogP contribution is -2.50. The van der Waals surface area contributed by atoms with Gasteiger partial charge in [0, 0.05) is 11.8 Å². The minimum atomic E-state index is -0.504. The van der Waals surface area contributed by atoms with E-state index in [2.05, 4.69) is 27.7 Å². The summed E-state index contributed by atoms with van der Waals surface area (Å²) in [4.78, 5) is 13.3. The predicted molar refractivity (Wildman–Crippen MR) is 95.2 cm³/mol. The summed E-state index contributed by atoms with van der Waals surface area (Å²) in [5.41, 5.74) is -0.723. The summed E-state index contributed by atoms with van der Waals surface area (Å²) in [6, 6.07) is 0. The highest BCUT2D eigenvalue weighted by atomic mass is 16.6. The van der Waals surface area contributed by atoms with Gasteiger partial charge in [-0.15, -0.1) is 0 Å². The third-order valence-electron chi connectivity index (χ3n) is 7.75. The monoisotopic (exact) mass is 350 g/mol. The van der Waals surface area contributed by atoms with Crippen molar-refractivity contribution < 1.29 is 19.0 Å². The molecule has 25 heavy (non-hydrogen) atoms. The highest BCUT2D eigenvalue weighted by Gasteiger charge is 2.69. The van der Waals surface area contributed by atoms with E-state index in [4.69, 9.17) is 14.2 Å². The topological polar surface area (TPSA) is 44.8 Å². The summed E-state index contributed by atoms with van der Waals surface area (Å²) in [5, 5.41) is 0. The molecule has 0 radical (unpaired) electrons. The second kappa shape index (κ2) is 6.23. The smallest absolute Gasteiger partial charge is 0.315 e. The lowest BCUT2D eigenvalue weighted by molar-refractivity contribution is -0.176. The molecule has 0 aromatic heterocycles. The predicted octanol–water partition coefficient (Wildman–Crippen LogP) is 4.25. The van der Waals surface area contributed by atoms with Gasteiger partial charge in [-0.05, 0) is 58.3 Å². The van der Waals surface area contributed by atoms with Gasteiger partial charge in [0.1, 0.15) is 5.60 Å². The van der Waals surface area contributed by atoms with E-state index in [1.54, 1.807) is 0 Å². The van der Waals surface area contributed by atoms with Gasteiger partial charge in [-0.3, -0.25) is 4.79 Å². The molecule has 3 aliphatic heterocycles. The van der Waals surface area contributed by atoms with Gasteiger partial charge in [0.05, 0.1) is 29.8 Å². The molecular formula is C21H34O4. The van der Waals surface area contributed by atoms with Crippen LogP contribution in [0.4, 0.5) is 0 Å². The number of hydrogen-bond acceptors (Lipinski definition) is 4. The van der Waals surface area contributed by atoms with E-state index in [9.17, 15) is 4.79 Å². The van der Waals surface area contributed by atoms with Gasteiger partial charge in [-0.25, -0.2) is 0 Å². The Bertz CT molecular complexity index is 526.